The lowest BCUT2D eigenvalue weighted by molar-refractivity contribution is 0.0844. The smallest absolute Gasteiger partial charge is 0.0888 e. The Hall–Kier alpha value is -1.45. The van der Waals surface area contributed by atoms with Gasteiger partial charge in [-0.05, 0) is 30.7 Å². The maximum absolute atomic E-state index is 5.67. The van der Waals surface area contributed by atoms with Crippen molar-refractivity contribution in [3.63, 3.8) is 0 Å². The summed E-state index contributed by atoms with van der Waals surface area (Å²) in [5, 5.41) is 2.55. The van der Waals surface area contributed by atoms with Crippen LogP contribution in [0.5, 0.6) is 0 Å². The molecule has 2 heterocycles. The van der Waals surface area contributed by atoms with Crippen molar-refractivity contribution < 1.29 is 9.47 Å². The molecule has 1 aromatic heterocycles. The van der Waals surface area contributed by atoms with Gasteiger partial charge in [-0.25, -0.2) is 0 Å². The van der Waals surface area contributed by atoms with E-state index in [0.29, 0.717) is 12.5 Å². The molecule has 0 radical (unpaired) electrons. The molecule has 0 unspecified atom stereocenters. The Kier molecular flexibility index (Phi) is 4.84. The summed E-state index contributed by atoms with van der Waals surface area (Å²) < 4.78 is 11.2. The molecule has 0 aliphatic carbocycles. The van der Waals surface area contributed by atoms with Crippen LogP contribution in [0.3, 0.4) is 0 Å². The normalized spacial score (nSPS) is 16.4. The van der Waals surface area contributed by atoms with Gasteiger partial charge in [0.15, 0.2) is 0 Å². The van der Waals surface area contributed by atoms with Gasteiger partial charge in [0.05, 0.1) is 18.0 Å². The first-order valence-corrected chi connectivity index (χ1v) is 7.92. The predicted octanol–water partition coefficient (Wildman–Crippen LogP) is 4.06. The van der Waals surface area contributed by atoms with Crippen molar-refractivity contribution in [2.75, 3.05) is 19.8 Å². The van der Waals surface area contributed by atoms with Crippen LogP contribution < -0.4 is 0 Å². The van der Waals surface area contributed by atoms with Gasteiger partial charge in [-0.2, -0.15) is 0 Å². The maximum atomic E-state index is 5.67. The summed E-state index contributed by atoms with van der Waals surface area (Å²) >= 11 is 0. The van der Waals surface area contributed by atoms with Gasteiger partial charge in [0, 0.05) is 31.1 Å². The topological polar surface area (TPSA) is 31.4 Å². The number of fused-ring (bicyclic) bond motifs is 1. The molecule has 1 saturated heterocycles. The van der Waals surface area contributed by atoms with Crippen molar-refractivity contribution in [3.05, 3.63) is 41.7 Å². The number of ether oxygens (including phenoxy) is 2. The summed E-state index contributed by atoms with van der Waals surface area (Å²) in [4.78, 5) is 4.92. The summed E-state index contributed by atoms with van der Waals surface area (Å²) in [6, 6.07) is 10.7. The lowest BCUT2D eigenvalue weighted by Gasteiger charge is -2.23. The maximum Gasteiger partial charge on any atom is 0.0888 e. The Balaban J connectivity index is 1.94. The summed E-state index contributed by atoms with van der Waals surface area (Å²) in [5.41, 5.74) is 2.27. The third kappa shape index (κ3) is 3.42. The summed E-state index contributed by atoms with van der Waals surface area (Å²) in [6.45, 7) is 5.21. The number of benzene rings is 1. The van der Waals surface area contributed by atoms with E-state index < -0.39 is 0 Å². The first-order chi connectivity index (χ1) is 10.4. The first kappa shape index (κ1) is 14.5. The summed E-state index contributed by atoms with van der Waals surface area (Å²) in [5.74, 6) is 0.509. The molecule has 0 atom stereocenters. The fourth-order valence-corrected chi connectivity index (χ4v) is 2.96. The van der Waals surface area contributed by atoms with Crippen molar-refractivity contribution in [2.24, 2.45) is 0 Å². The molecule has 21 heavy (non-hydrogen) atoms. The molecule has 1 fully saturated rings. The van der Waals surface area contributed by atoms with Crippen molar-refractivity contribution in [1.82, 2.24) is 4.98 Å². The van der Waals surface area contributed by atoms with Crippen LogP contribution in [0.15, 0.2) is 30.3 Å². The molecule has 0 saturated carbocycles. The molecule has 1 aromatic carbocycles. The van der Waals surface area contributed by atoms with E-state index in [1.54, 1.807) is 0 Å². The number of pyridine rings is 1. The van der Waals surface area contributed by atoms with E-state index in [0.717, 1.165) is 44.8 Å². The second-order valence-electron chi connectivity index (χ2n) is 5.66. The third-order valence-corrected chi connectivity index (χ3v) is 4.03. The standard InChI is InChI=1S/C18H23NO2/c1-2-9-21-13-16-12-15-5-3-4-6-17(15)18(19-16)14-7-10-20-11-8-14/h3-6,12,14H,2,7-11,13H2,1H3. The molecule has 3 rings (SSSR count). The average molecular weight is 285 g/mol. The van der Waals surface area contributed by atoms with Crippen molar-refractivity contribution in [3.8, 4) is 0 Å². The number of rotatable bonds is 5. The highest BCUT2D eigenvalue weighted by atomic mass is 16.5. The van der Waals surface area contributed by atoms with E-state index >= 15 is 0 Å². The van der Waals surface area contributed by atoms with E-state index in [1.807, 2.05) is 0 Å². The van der Waals surface area contributed by atoms with E-state index in [2.05, 4.69) is 37.3 Å². The van der Waals surface area contributed by atoms with Gasteiger partial charge in [-0.3, -0.25) is 4.98 Å². The second kappa shape index (κ2) is 7.01. The SMILES string of the molecule is CCCOCc1cc2ccccc2c(C2CCOCC2)n1. The largest absolute Gasteiger partial charge is 0.381 e. The average Bonchev–Trinajstić information content (AvgIpc) is 2.55. The number of aromatic nitrogens is 1. The minimum atomic E-state index is 0.509. The van der Waals surface area contributed by atoms with Crippen LogP contribution in [0.25, 0.3) is 10.8 Å². The molecule has 3 heteroatoms. The Morgan fingerprint density at radius 3 is 2.86 bits per heavy atom. The van der Waals surface area contributed by atoms with Gasteiger partial charge in [0.2, 0.25) is 0 Å². The summed E-state index contributed by atoms with van der Waals surface area (Å²) in [7, 11) is 0. The van der Waals surface area contributed by atoms with E-state index in [4.69, 9.17) is 14.5 Å². The minimum absolute atomic E-state index is 0.509. The molecule has 112 valence electrons. The molecule has 0 spiro atoms. The Bertz CT molecular complexity index is 591. The van der Waals surface area contributed by atoms with Crippen LogP contribution in [-0.4, -0.2) is 24.8 Å². The van der Waals surface area contributed by atoms with E-state index in [-0.39, 0.29) is 0 Å². The number of nitrogens with zero attached hydrogens (tertiary/aromatic N) is 1. The molecule has 0 bridgehead atoms. The highest BCUT2D eigenvalue weighted by molar-refractivity contribution is 5.85. The number of hydrogen-bond donors (Lipinski definition) is 0. The van der Waals surface area contributed by atoms with Gasteiger partial charge in [-0.15, -0.1) is 0 Å². The molecular weight excluding hydrogens is 262 g/mol. The summed E-state index contributed by atoms with van der Waals surface area (Å²) in [6.07, 6.45) is 3.17. The highest BCUT2D eigenvalue weighted by Crippen LogP contribution is 2.31. The Morgan fingerprint density at radius 1 is 1.24 bits per heavy atom. The van der Waals surface area contributed by atoms with Gasteiger partial charge >= 0.3 is 0 Å². The Labute approximate surface area is 126 Å². The van der Waals surface area contributed by atoms with Gasteiger partial charge in [0.25, 0.3) is 0 Å². The molecule has 2 aromatic rings. The minimum Gasteiger partial charge on any atom is -0.381 e. The van der Waals surface area contributed by atoms with Crippen LogP contribution >= 0.6 is 0 Å². The van der Waals surface area contributed by atoms with E-state index in [1.165, 1.54) is 16.5 Å². The van der Waals surface area contributed by atoms with Crippen molar-refractivity contribution in [1.29, 1.82) is 0 Å². The second-order valence-corrected chi connectivity index (χ2v) is 5.66. The zero-order valence-electron chi connectivity index (χ0n) is 12.7. The molecule has 3 nitrogen and oxygen atoms in total. The molecular formula is C18H23NO2. The van der Waals surface area contributed by atoms with Crippen LogP contribution in [0, 0.1) is 0 Å². The van der Waals surface area contributed by atoms with Gasteiger partial charge in [-0.1, -0.05) is 31.2 Å². The predicted molar refractivity (Wildman–Crippen MR) is 84.5 cm³/mol. The molecule has 1 aliphatic rings. The molecule has 0 N–H and O–H groups in total. The third-order valence-electron chi connectivity index (χ3n) is 4.03. The van der Waals surface area contributed by atoms with Crippen LogP contribution in [0.2, 0.25) is 0 Å². The quantitative estimate of drug-likeness (QED) is 0.776. The highest BCUT2D eigenvalue weighted by Gasteiger charge is 2.20. The van der Waals surface area contributed by atoms with Gasteiger partial charge in [0.1, 0.15) is 0 Å². The monoisotopic (exact) mass is 285 g/mol. The van der Waals surface area contributed by atoms with Crippen LogP contribution in [0.4, 0.5) is 0 Å². The Morgan fingerprint density at radius 2 is 2.05 bits per heavy atom. The zero-order valence-corrected chi connectivity index (χ0v) is 12.7. The number of hydrogen-bond acceptors (Lipinski definition) is 3. The lowest BCUT2D eigenvalue weighted by atomic mass is 9.92. The molecule has 0 amide bonds. The lowest BCUT2D eigenvalue weighted by Crippen LogP contribution is -2.16. The van der Waals surface area contributed by atoms with Crippen LogP contribution in [-0.2, 0) is 16.1 Å². The van der Waals surface area contributed by atoms with Crippen molar-refractivity contribution in [2.45, 2.75) is 38.7 Å². The molecule has 1 aliphatic heterocycles. The van der Waals surface area contributed by atoms with Crippen LogP contribution in [0.1, 0.15) is 43.5 Å². The first-order valence-electron chi connectivity index (χ1n) is 7.92. The van der Waals surface area contributed by atoms with Gasteiger partial charge < -0.3 is 9.47 Å². The van der Waals surface area contributed by atoms with Crippen molar-refractivity contribution >= 4 is 10.8 Å². The fraction of sp³-hybridized carbons (Fsp3) is 0.500. The van der Waals surface area contributed by atoms with E-state index in [9.17, 15) is 0 Å². The fourth-order valence-electron chi connectivity index (χ4n) is 2.96. The zero-order chi connectivity index (χ0) is 14.5.